The third-order valence-electron chi connectivity index (χ3n) is 3.93. The van der Waals surface area contributed by atoms with E-state index in [1.54, 1.807) is 12.3 Å². The van der Waals surface area contributed by atoms with Gasteiger partial charge in [-0.3, -0.25) is 5.10 Å². The maximum absolute atomic E-state index is 3.97. The van der Waals surface area contributed by atoms with Crippen LogP contribution in [0.4, 0.5) is 0 Å². The van der Waals surface area contributed by atoms with Crippen LogP contribution < -0.4 is 0 Å². The Morgan fingerprint density at radius 1 is 0.957 bits per heavy atom. The van der Waals surface area contributed by atoms with Crippen LogP contribution in [0.3, 0.4) is 0 Å². The summed E-state index contributed by atoms with van der Waals surface area (Å²) in [6.07, 6.45) is 5.83. The van der Waals surface area contributed by atoms with E-state index in [9.17, 15) is 0 Å². The van der Waals surface area contributed by atoms with E-state index in [0.29, 0.717) is 0 Å². The van der Waals surface area contributed by atoms with E-state index in [2.05, 4.69) is 67.0 Å². The summed E-state index contributed by atoms with van der Waals surface area (Å²) in [4.78, 5) is 7.79. The van der Waals surface area contributed by atoms with Crippen molar-refractivity contribution in [2.75, 3.05) is 0 Å². The van der Waals surface area contributed by atoms with Gasteiger partial charge in [0.1, 0.15) is 12.2 Å². The van der Waals surface area contributed by atoms with E-state index in [4.69, 9.17) is 0 Å². The Balaban J connectivity index is 0.000000220. The fourth-order valence-corrected chi connectivity index (χ4v) is 2.12. The summed E-state index contributed by atoms with van der Waals surface area (Å²) < 4.78 is 0. The third kappa shape index (κ3) is 4.83. The van der Waals surface area contributed by atoms with Gasteiger partial charge in [-0.15, -0.1) is 0 Å². The maximum atomic E-state index is 3.97. The van der Waals surface area contributed by atoms with Gasteiger partial charge in [-0.2, -0.15) is 51.1 Å². The molecule has 0 aliphatic heterocycles. The molecule has 1 N–H and O–H groups in total. The molecular weight excluding hydrogens is 456 g/mol. The molecule has 23 heavy (non-hydrogen) atoms. The van der Waals surface area contributed by atoms with Gasteiger partial charge in [0, 0.05) is 0 Å². The number of benzene rings is 1. The van der Waals surface area contributed by atoms with Gasteiger partial charge in [-0.05, 0) is 0 Å². The van der Waals surface area contributed by atoms with Gasteiger partial charge in [0.25, 0.3) is 0 Å². The second-order valence-corrected chi connectivity index (χ2v) is 5.26. The third-order valence-corrected chi connectivity index (χ3v) is 3.93. The molecule has 2 heterocycles. The Labute approximate surface area is 152 Å². The molecule has 5 heteroatoms. The van der Waals surface area contributed by atoms with Crippen molar-refractivity contribution in [2.24, 2.45) is 0 Å². The van der Waals surface area contributed by atoms with Crippen LogP contribution in [-0.2, 0) is 21.1 Å². The van der Waals surface area contributed by atoms with Crippen molar-refractivity contribution in [2.45, 2.75) is 34.6 Å². The quantitative estimate of drug-likeness (QED) is 0.546. The summed E-state index contributed by atoms with van der Waals surface area (Å²) >= 11 is 0. The van der Waals surface area contributed by atoms with Crippen molar-refractivity contribution < 1.29 is 21.1 Å². The van der Waals surface area contributed by atoms with Gasteiger partial charge < -0.3 is 4.98 Å². The molecule has 0 saturated carbocycles. The molecular formula is C18H20N4W. The van der Waals surface area contributed by atoms with Crippen LogP contribution in [0, 0.1) is 46.9 Å². The molecule has 0 aliphatic rings. The number of aryl methyl sites for hydroxylation is 2. The molecule has 2 aromatic heterocycles. The molecule has 4 nitrogen and oxygen atoms in total. The molecule has 0 radical (unpaired) electrons. The van der Waals surface area contributed by atoms with Gasteiger partial charge in [0.15, 0.2) is 0 Å². The van der Waals surface area contributed by atoms with E-state index >= 15 is 0 Å². The van der Waals surface area contributed by atoms with E-state index in [1.165, 1.54) is 34.1 Å². The van der Waals surface area contributed by atoms with Gasteiger partial charge in [0.2, 0.25) is 0 Å². The van der Waals surface area contributed by atoms with Crippen LogP contribution in [0.25, 0.3) is 11.4 Å². The maximum Gasteiger partial charge on any atom is 2.00 e. The summed E-state index contributed by atoms with van der Waals surface area (Å²) in [5, 5.41) is 6.46. The smallest absolute Gasteiger partial charge is 0.394 e. The summed E-state index contributed by atoms with van der Waals surface area (Å²) in [5.74, 6) is 0.728. The second kappa shape index (κ2) is 8.73. The second-order valence-electron chi connectivity index (χ2n) is 5.26. The summed E-state index contributed by atoms with van der Waals surface area (Å²) in [6.45, 7) is 10.7. The molecule has 0 aliphatic carbocycles. The first-order valence-corrected chi connectivity index (χ1v) is 7.14. The van der Waals surface area contributed by atoms with Crippen molar-refractivity contribution in [1.82, 2.24) is 20.2 Å². The fraction of sp³-hybridized carbons (Fsp3) is 0.278. The minimum Gasteiger partial charge on any atom is -0.394 e. The Bertz CT molecular complexity index is 711. The monoisotopic (exact) mass is 476 g/mol. The van der Waals surface area contributed by atoms with Crippen molar-refractivity contribution >= 4 is 0 Å². The topological polar surface area (TPSA) is 54.5 Å². The molecule has 3 aromatic rings. The minimum absolute atomic E-state index is 0. The molecule has 3 rings (SSSR count). The Kier molecular flexibility index (Phi) is 7.31. The van der Waals surface area contributed by atoms with Crippen LogP contribution in [0.1, 0.15) is 27.8 Å². The molecule has 0 spiro atoms. The summed E-state index contributed by atoms with van der Waals surface area (Å²) in [5.41, 5.74) is 7.66. The molecule has 0 bridgehead atoms. The molecule has 0 amide bonds. The van der Waals surface area contributed by atoms with Gasteiger partial charge in [0.05, 0.1) is 0 Å². The number of nitrogens with zero attached hydrogens (tertiary/aromatic N) is 3. The predicted octanol–water partition coefficient (Wildman–Crippen LogP) is 3.69. The van der Waals surface area contributed by atoms with E-state index in [-0.39, 0.29) is 21.1 Å². The van der Waals surface area contributed by atoms with Crippen molar-refractivity contribution in [1.29, 1.82) is 0 Å². The zero-order valence-electron chi connectivity index (χ0n) is 14.1. The van der Waals surface area contributed by atoms with Gasteiger partial charge >= 0.3 is 21.1 Å². The molecule has 0 saturated heterocycles. The average Bonchev–Trinajstić information content (AvgIpc) is 3.07. The number of rotatable bonds is 1. The number of hydrogen-bond donors (Lipinski definition) is 1. The normalized spacial score (nSPS) is 9.61. The zero-order chi connectivity index (χ0) is 16.1. The SMILES string of the molecule is Cc1[c-]c(C)c(C)c(C)c1C.[W+2].[c-]1ccc(-c2ncn[nH]2)cn1. The van der Waals surface area contributed by atoms with E-state index in [1.807, 2.05) is 6.07 Å². The molecule has 0 fully saturated rings. The van der Waals surface area contributed by atoms with E-state index in [0.717, 1.165) is 11.4 Å². The summed E-state index contributed by atoms with van der Waals surface area (Å²) in [6, 6.07) is 6.95. The first-order valence-electron chi connectivity index (χ1n) is 7.14. The molecule has 0 unspecified atom stereocenters. The standard InChI is InChI=1S/C11H15.C7H5N4.W/c1-7-6-8(2)10(4)11(5)9(7)3;1-2-6(4-8-3-1)7-9-5-10-11-7;/h1-5H3;1-2,4-5H,(H,9,10,11);/q2*-1;+2. The predicted molar refractivity (Wildman–Crippen MR) is 87.4 cm³/mol. The number of pyridine rings is 1. The van der Waals surface area contributed by atoms with Crippen molar-refractivity contribution in [3.63, 3.8) is 0 Å². The Morgan fingerprint density at radius 2 is 1.61 bits per heavy atom. The van der Waals surface area contributed by atoms with E-state index < -0.39 is 0 Å². The molecule has 1 aromatic carbocycles. The first-order chi connectivity index (χ1) is 10.5. The van der Waals surface area contributed by atoms with Crippen LogP contribution in [0.15, 0.2) is 24.7 Å². The number of aromatic nitrogens is 4. The van der Waals surface area contributed by atoms with Crippen LogP contribution in [0.2, 0.25) is 0 Å². The Morgan fingerprint density at radius 3 is 2.09 bits per heavy atom. The minimum atomic E-state index is 0. The number of H-pyrrole nitrogens is 1. The summed E-state index contributed by atoms with van der Waals surface area (Å²) in [7, 11) is 0. The molecule has 118 valence electrons. The largest absolute Gasteiger partial charge is 2.00 e. The van der Waals surface area contributed by atoms with Crippen LogP contribution in [0.5, 0.6) is 0 Å². The number of aromatic amines is 1. The van der Waals surface area contributed by atoms with Gasteiger partial charge in [-0.1, -0.05) is 52.6 Å². The fourth-order valence-electron chi connectivity index (χ4n) is 2.12. The van der Waals surface area contributed by atoms with Crippen molar-refractivity contribution in [3.8, 4) is 11.4 Å². The van der Waals surface area contributed by atoms with Crippen LogP contribution >= 0.6 is 0 Å². The zero-order valence-corrected chi connectivity index (χ0v) is 17.0. The average molecular weight is 476 g/mol. The molecule has 0 atom stereocenters. The van der Waals surface area contributed by atoms with Crippen molar-refractivity contribution in [3.05, 3.63) is 64.7 Å². The Hall–Kier alpha value is -1.80. The first kappa shape index (κ1) is 19.2. The number of nitrogens with one attached hydrogen (secondary N) is 1. The number of hydrogen-bond acceptors (Lipinski definition) is 3. The van der Waals surface area contributed by atoms with Crippen LogP contribution in [-0.4, -0.2) is 20.2 Å². The van der Waals surface area contributed by atoms with Gasteiger partial charge in [-0.25, -0.2) is 4.98 Å².